The Morgan fingerprint density at radius 1 is 1.41 bits per heavy atom. The molecule has 1 aliphatic carbocycles. The van der Waals surface area contributed by atoms with E-state index in [1.165, 1.54) is 25.7 Å². The van der Waals surface area contributed by atoms with Gasteiger partial charge in [-0.1, -0.05) is 24.9 Å². The molecule has 1 N–H and O–H groups in total. The zero-order chi connectivity index (χ0) is 12.1. The van der Waals surface area contributed by atoms with Gasteiger partial charge in [-0.25, -0.2) is 0 Å². The van der Waals surface area contributed by atoms with Crippen LogP contribution in [0.3, 0.4) is 0 Å². The topological polar surface area (TPSA) is 51.0 Å². The van der Waals surface area contributed by atoms with Gasteiger partial charge in [-0.15, -0.1) is 0 Å². The summed E-state index contributed by atoms with van der Waals surface area (Å²) < 4.78 is 5.31. The molecule has 96 valence electrons. The monoisotopic (exact) mass is 237 g/mol. The Hall–Kier alpha value is -0.900. The standard InChI is InChI=1S/C13H23N3O/c1-3-6-12-15-13(17-16-12)9-11(14-2)10-7-4-5-8-10/h10-11,14H,3-9H2,1-2H3. The number of rotatable bonds is 6. The predicted molar refractivity (Wildman–Crippen MR) is 66.8 cm³/mol. The lowest BCUT2D eigenvalue weighted by Gasteiger charge is -2.20. The highest BCUT2D eigenvalue weighted by molar-refractivity contribution is 4.92. The van der Waals surface area contributed by atoms with Crippen LogP contribution >= 0.6 is 0 Å². The molecular formula is C13H23N3O. The molecule has 1 unspecified atom stereocenters. The number of aromatic nitrogens is 2. The molecule has 1 aromatic heterocycles. The van der Waals surface area contributed by atoms with Crippen LogP contribution in [0.2, 0.25) is 0 Å². The molecule has 2 rings (SSSR count). The molecular weight excluding hydrogens is 214 g/mol. The normalized spacial score (nSPS) is 18.7. The summed E-state index contributed by atoms with van der Waals surface area (Å²) in [6.45, 7) is 2.13. The molecule has 0 saturated heterocycles. The van der Waals surface area contributed by atoms with Crippen LogP contribution in [0.25, 0.3) is 0 Å². The maximum atomic E-state index is 5.31. The van der Waals surface area contributed by atoms with Crippen molar-refractivity contribution in [2.75, 3.05) is 7.05 Å². The Kier molecular flexibility index (Phi) is 4.54. The minimum absolute atomic E-state index is 0.493. The first-order valence-electron chi connectivity index (χ1n) is 6.82. The fourth-order valence-corrected chi connectivity index (χ4v) is 2.75. The third-order valence-corrected chi connectivity index (χ3v) is 3.72. The minimum Gasteiger partial charge on any atom is -0.339 e. The lowest BCUT2D eigenvalue weighted by Crippen LogP contribution is -2.34. The van der Waals surface area contributed by atoms with Gasteiger partial charge in [0, 0.05) is 18.9 Å². The fourth-order valence-electron chi connectivity index (χ4n) is 2.75. The third-order valence-electron chi connectivity index (χ3n) is 3.72. The molecule has 4 nitrogen and oxygen atoms in total. The zero-order valence-corrected chi connectivity index (χ0v) is 10.9. The fraction of sp³-hybridized carbons (Fsp3) is 0.846. The molecule has 1 heterocycles. The second kappa shape index (κ2) is 6.15. The van der Waals surface area contributed by atoms with Crippen molar-refractivity contribution in [1.29, 1.82) is 0 Å². The Morgan fingerprint density at radius 3 is 2.82 bits per heavy atom. The van der Waals surface area contributed by atoms with Gasteiger partial charge in [0.05, 0.1) is 0 Å². The van der Waals surface area contributed by atoms with Gasteiger partial charge in [0.2, 0.25) is 5.89 Å². The molecule has 0 amide bonds. The largest absolute Gasteiger partial charge is 0.339 e. The lowest BCUT2D eigenvalue weighted by atomic mass is 9.95. The second-order valence-electron chi connectivity index (χ2n) is 5.00. The Labute approximate surface area is 103 Å². The van der Waals surface area contributed by atoms with Crippen molar-refractivity contribution >= 4 is 0 Å². The Bertz CT molecular complexity index is 331. The zero-order valence-electron chi connectivity index (χ0n) is 10.9. The first-order valence-corrected chi connectivity index (χ1v) is 6.82. The van der Waals surface area contributed by atoms with Crippen LogP contribution < -0.4 is 5.32 Å². The highest BCUT2D eigenvalue weighted by Gasteiger charge is 2.25. The van der Waals surface area contributed by atoms with E-state index in [1.807, 2.05) is 7.05 Å². The second-order valence-corrected chi connectivity index (χ2v) is 5.00. The predicted octanol–water partition coefficient (Wildman–Crippen LogP) is 2.34. The van der Waals surface area contributed by atoms with Crippen molar-refractivity contribution < 1.29 is 4.52 Å². The van der Waals surface area contributed by atoms with Crippen LogP contribution in [-0.4, -0.2) is 23.2 Å². The summed E-state index contributed by atoms with van der Waals surface area (Å²) in [5.74, 6) is 2.42. The number of aryl methyl sites for hydroxylation is 1. The molecule has 0 radical (unpaired) electrons. The maximum Gasteiger partial charge on any atom is 0.228 e. The average Bonchev–Trinajstić information content (AvgIpc) is 2.97. The smallest absolute Gasteiger partial charge is 0.228 e. The molecule has 0 aliphatic heterocycles. The van der Waals surface area contributed by atoms with Crippen molar-refractivity contribution in [3.63, 3.8) is 0 Å². The first kappa shape index (κ1) is 12.6. The molecule has 1 fully saturated rings. The van der Waals surface area contributed by atoms with Crippen LogP contribution in [0.15, 0.2) is 4.52 Å². The Morgan fingerprint density at radius 2 is 2.18 bits per heavy atom. The van der Waals surface area contributed by atoms with Gasteiger partial charge in [0.15, 0.2) is 5.82 Å². The number of nitrogens with one attached hydrogen (secondary N) is 1. The molecule has 0 spiro atoms. The molecule has 0 bridgehead atoms. The summed E-state index contributed by atoms with van der Waals surface area (Å²) in [5, 5.41) is 7.41. The molecule has 4 heteroatoms. The van der Waals surface area contributed by atoms with Crippen molar-refractivity contribution in [3.8, 4) is 0 Å². The van der Waals surface area contributed by atoms with Gasteiger partial charge in [0.25, 0.3) is 0 Å². The van der Waals surface area contributed by atoms with Crippen molar-refractivity contribution in [2.24, 2.45) is 5.92 Å². The van der Waals surface area contributed by atoms with Gasteiger partial charge in [-0.05, 0) is 32.2 Å². The minimum atomic E-state index is 0.493. The van der Waals surface area contributed by atoms with E-state index in [0.717, 1.165) is 36.9 Å². The van der Waals surface area contributed by atoms with Crippen molar-refractivity contribution in [2.45, 2.75) is 57.9 Å². The number of hydrogen-bond acceptors (Lipinski definition) is 4. The third kappa shape index (κ3) is 3.28. The summed E-state index contributed by atoms with van der Waals surface area (Å²) in [6.07, 6.45) is 8.26. The Balaban J connectivity index is 1.92. The van der Waals surface area contributed by atoms with E-state index < -0.39 is 0 Å². The van der Waals surface area contributed by atoms with Crippen LogP contribution in [-0.2, 0) is 12.8 Å². The van der Waals surface area contributed by atoms with Gasteiger partial charge < -0.3 is 9.84 Å². The van der Waals surface area contributed by atoms with Crippen molar-refractivity contribution in [3.05, 3.63) is 11.7 Å². The van der Waals surface area contributed by atoms with E-state index in [4.69, 9.17) is 4.52 Å². The average molecular weight is 237 g/mol. The molecule has 17 heavy (non-hydrogen) atoms. The van der Waals surface area contributed by atoms with Crippen molar-refractivity contribution in [1.82, 2.24) is 15.5 Å². The molecule has 1 aliphatic rings. The van der Waals surface area contributed by atoms with E-state index in [2.05, 4.69) is 22.4 Å². The van der Waals surface area contributed by atoms with Gasteiger partial charge in [-0.2, -0.15) is 4.98 Å². The summed E-state index contributed by atoms with van der Waals surface area (Å²) in [7, 11) is 2.03. The molecule has 1 aromatic rings. The van der Waals surface area contributed by atoms with E-state index in [9.17, 15) is 0 Å². The SMILES string of the molecule is CCCc1noc(CC(NC)C2CCCC2)n1. The van der Waals surface area contributed by atoms with Gasteiger partial charge in [0.1, 0.15) is 0 Å². The highest BCUT2D eigenvalue weighted by atomic mass is 16.5. The maximum absolute atomic E-state index is 5.31. The van der Waals surface area contributed by atoms with Crippen LogP contribution in [0.4, 0.5) is 0 Å². The van der Waals surface area contributed by atoms with Crippen LogP contribution in [0, 0.1) is 5.92 Å². The van der Waals surface area contributed by atoms with E-state index >= 15 is 0 Å². The first-order chi connectivity index (χ1) is 8.33. The van der Waals surface area contributed by atoms with Crippen LogP contribution in [0.5, 0.6) is 0 Å². The van der Waals surface area contributed by atoms with Crippen LogP contribution in [0.1, 0.15) is 50.7 Å². The molecule has 1 atom stereocenters. The van der Waals surface area contributed by atoms with E-state index in [-0.39, 0.29) is 0 Å². The highest BCUT2D eigenvalue weighted by Crippen LogP contribution is 2.28. The summed E-state index contributed by atoms with van der Waals surface area (Å²) in [4.78, 5) is 4.44. The molecule has 1 saturated carbocycles. The number of nitrogens with zero attached hydrogens (tertiary/aromatic N) is 2. The lowest BCUT2D eigenvalue weighted by molar-refractivity contribution is 0.317. The van der Waals surface area contributed by atoms with E-state index in [1.54, 1.807) is 0 Å². The summed E-state index contributed by atoms with van der Waals surface area (Å²) in [5.41, 5.74) is 0. The van der Waals surface area contributed by atoms with E-state index in [0.29, 0.717) is 6.04 Å². The van der Waals surface area contributed by atoms with Gasteiger partial charge in [-0.3, -0.25) is 0 Å². The summed E-state index contributed by atoms with van der Waals surface area (Å²) in [6, 6.07) is 0.493. The summed E-state index contributed by atoms with van der Waals surface area (Å²) >= 11 is 0. The van der Waals surface area contributed by atoms with Gasteiger partial charge >= 0.3 is 0 Å². The number of likely N-dealkylation sites (N-methyl/N-ethyl adjacent to an activating group) is 1. The quantitative estimate of drug-likeness (QED) is 0.825. The molecule has 0 aromatic carbocycles. The number of hydrogen-bond donors (Lipinski definition) is 1.